The van der Waals surface area contributed by atoms with Crippen LogP contribution in [0.4, 0.5) is 0 Å². The lowest BCUT2D eigenvalue weighted by Gasteiger charge is -2.31. The molecule has 3 aromatic rings. The van der Waals surface area contributed by atoms with E-state index in [4.69, 9.17) is 8.94 Å². The predicted octanol–water partition coefficient (Wildman–Crippen LogP) is 3.03. The van der Waals surface area contributed by atoms with Crippen LogP contribution in [0, 0.1) is 26.7 Å². The zero-order valence-corrected chi connectivity index (χ0v) is 19.2. The number of hydrogen-bond donors (Lipinski definition) is 1. The van der Waals surface area contributed by atoms with Gasteiger partial charge in [-0.15, -0.1) is 11.3 Å². The maximum Gasteiger partial charge on any atom is 0.244 e. The Morgan fingerprint density at radius 2 is 2.13 bits per heavy atom. The van der Waals surface area contributed by atoms with E-state index >= 15 is 0 Å². The minimum Gasteiger partial charge on any atom is -0.465 e. The smallest absolute Gasteiger partial charge is 0.244 e. The third-order valence-electron chi connectivity index (χ3n) is 5.23. The molecule has 11 heteroatoms. The first-order valence-electron chi connectivity index (χ1n) is 9.98. The lowest BCUT2D eigenvalue weighted by molar-refractivity contribution is -0.126. The molecular weight excluding hydrogens is 440 g/mol. The van der Waals surface area contributed by atoms with Crippen molar-refractivity contribution in [3.05, 3.63) is 40.5 Å². The van der Waals surface area contributed by atoms with Gasteiger partial charge >= 0.3 is 0 Å². The molecule has 3 aromatic heterocycles. The Labute approximate surface area is 184 Å². The van der Waals surface area contributed by atoms with Gasteiger partial charge in [0.25, 0.3) is 0 Å². The number of rotatable bonds is 6. The van der Waals surface area contributed by atoms with E-state index in [9.17, 15) is 13.2 Å². The molecule has 9 nitrogen and oxygen atoms in total. The Morgan fingerprint density at radius 1 is 1.32 bits per heavy atom. The summed E-state index contributed by atoms with van der Waals surface area (Å²) >= 11 is 1.31. The minimum atomic E-state index is -3.74. The number of aromatic nitrogens is 2. The summed E-state index contributed by atoms with van der Waals surface area (Å²) in [5.74, 6) is 1.66. The van der Waals surface area contributed by atoms with Crippen LogP contribution in [0.15, 0.2) is 32.0 Å². The topological polar surface area (TPSA) is 119 Å². The summed E-state index contributed by atoms with van der Waals surface area (Å²) in [5.41, 5.74) is 0. The quantitative estimate of drug-likeness (QED) is 0.595. The van der Waals surface area contributed by atoms with Crippen LogP contribution in [0.2, 0.25) is 0 Å². The van der Waals surface area contributed by atoms with Gasteiger partial charge in [-0.2, -0.15) is 9.29 Å². The first-order chi connectivity index (χ1) is 14.7. The highest BCUT2D eigenvalue weighted by Crippen LogP contribution is 2.34. The fourth-order valence-corrected chi connectivity index (χ4v) is 6.65. The number of furan rings is 1. The molecule has 0 spiro atoms. The number of piperidine rings is 1. The van der Waals surface area contributed by atoms with Crippen molar-refractivity contribution in [1.82, 2.24) is 19.8 Å². The van der Waals surface area contributed by atoms with Gasteiger partial charge in [-0.1, -0.05) is 5.16 Å². The summed E-state index contributed by atoms with van der Waals surface area (Å²) < 4.78 is 38.5. The van der Waals surface area contributed by atoms with E-state index in [2.05, 4.69) is 15.5 Å². The zero-order chi connectivity index (χ0) is 22.2. The molecular formula is C20H24N4O5S2. The Kier molecular flexibility index (Phi) is 6.00. The average molecular weight is 465 g/mol. The number of carbonyl (C=O) groups excluding carboxylic acids is 1. The largest absolute Gasteiger partial charge is 0.465 e. The number of sulfonamides is 1. The van der Waals surface area contributed by atoms with Gasteiger partial charge in [-0.3, -0.25) is 4.79 Å². The number of hydrogen-bond acceptors (Lipinski definition) is 8. The number of thiophene rings is 1. The summed E-state index contributed by atoms with van der Waals surface area (Å²) in [7, 11) is -3.74. The van der Waals surface area contributed by atoms with Gasteiger partial charge in [0, 0.05) is 24.9 Å². The average Bonchev–Trinajstić information content (AvgIpc) is 3.46. The number of nitrogens with zero attached hydrogens (tertiary/aromatic N) is 3. The van der Waals surface area contributed by atoms with Crippen molar-refractivity contribution in [1.29, 1.82) is 0 Å². The van der Waals surface area contributed by atoms with Gasteiger partial charge in [-0.25, -0.2) is 8.42 Å². The van der Waals surface area contributed by atoms with Crippen LogP contribution in [-0.2, 0) is 21.4 Å². The van der Waals surface area contributed by atoms with Crippen molar-refractivity contribution in [2.75, 3.05) is 13.1 Å². The van der Waals surface area contributed by atoms with Crippen molar-refractivity contribution >= 4 is 27.3 Å². The van der Waals surface area contributed by atoms with E-state index in [0.717, 1.165) is 5.76 Å². The lowest BCUT2D eigenvalue weighted by Crippen LogP contribution is -2.45. The second kappa shape index (κ2) is 8.56. The van der Waals surface area contributed by atoms with Gasteiger partial charge < -0.3 is 14.3 Å². The number of aryl methyl sites for hydroxylation is 3. The van der Waals surface area contributed by atoms with Gasteiger partial charge in [0.2, 0.25) is 27.6 Å². The second-order valence-electron chi connectivity index (χ2n) is 7.60. The molecule has 1 atom stereocenters. The summed E-state index contributed by atoms with van der Waals surface area (Å²) in [6.07, 6.45) is 1.27. The van der Waals surface area contributed by atoms with E-state index in [1.54, 1.807) is 19.9 Å². The highest BCUT2D eigenvalue weighted by atomic mass is 32.2. The van der Waals surface area contributed by atoms with E-state index in [-0.39, 0.29) is 23.9 Å². The molecule has 4 heterocycles. The molecule has 1 N–H and O–H groups in total. The molecule has 0 radical (unpaired) electrons. The molecule has 0 bridgehead atoms. The van der Waals surface area contributed by atoms with Crippen LogP contribution in [0.5, 0.6) is 0 Å². The normalized spacial score (nSPS) is 17.7. The molecule has 1 fully saturated rings. The fraction of sp³-hybridized carbons (Fsp3) is 0.450. The van der Waals surface area contributed by atoms with Crippen LogP contribution in [0.25, 0.3) is 10.7 Å². The molecule has 166 valence electrons. The van der Waals surface area contributed by atoms with Crippen molar-refractivity contribution in [3.63, 3.8) is 0 Å². The van der Waals surface area contributed by atoms with Crippen molar-refractivity contribution < 1.29 is 22.2 Å². The minimum absolute atomic E-state index is 0.150. The van der Waals surface area contributed by atoms with E-state index in [0.29, 0.717) is 46.6 Å². The van der Waals surface area contributed by atoms with Crippen molar-refractivity contribution in [2.45, 2.75) is 45.1 Å². The highest BCUT2D eigenvalue weighted by molar-refractivity contribution is 7.89. The van der Waals surface area contributed by atoms with Gasteiger partial charge in [0.15, 0.2) is 0 Å². The first kappa shape index (κ1) is 21.7. The molecule has 0 aromatic carbocycles. The summed E-state index contributed by atoms with van der Waals surface area (Å²) in [5, 5.41) is 6.73. The molecule has 4 rings (SSSR count). The van der Waals surface area contributed by atoms with Crippen LogP contribution < -0.4 is 5.32 Å². The van der Waals surface area contributed by atoms with E-state index in [1.807, 2.05) is 19.1 Å². The molecule has 0 unspecified atom stereocenters. The van der Waals surface area contributed by atoms with Gasteiger partial charge in [-0.05, 0) is 44.9 Å². The molecule has 1 aliphatic heterocycles. The maximum atomic E-state index is 13.3. The van der Waals surface area contributed by atoms with Crippen molar-refractivity contribution in [3.8, 4) is 10.7 Å². The Morgan fingerprint density at radius 3 is 2.81 bits per heavy atom. The second-order valence-corrected chi connectivity index (χ2v) is 10.8. The van der Waals surface area contributed by atoms with Gasteiger partial charge in [0.1, 0.15) is 11.5 Å². The number of amides is 1. The Bertz CT molecular complexity index is 1190. The summed E-state index contributed by atoms with van der Waals surface area (Å²) in [4.78, 5) is 18.3. The van der Waals surface area contributed by atoms with Gasteiger partial charge in [0.05, 0.1) is 22.2 Å². The first-order valence-corrected chi connectivity index (χ1v) is 12.2. The Hall–Kier alpha value is -2.50. The lowest BCUT2D eigenvalue weighted by atomic mass is 9.99. The SMILES string of the molecule is Cc1ccc(CNC(=O)[C@@H]2CCCN(S(=O)(=O)c3cc(-c4noc(C)n4)sc3C)C2)o1. The predicted molar refractivity (Wildman–Crippen MR) is 114 cm³/mol. The van der Waals surface area contributed by atoms with Crippen LogP contribution >= 0.6 is 11.3 Å². The summed E-state index contributed by atoms with van der Waals surface area (Å²) in [6.45, 7) is 6.10. The third kappa shape index (κ3) is 4.58. The standard InChI is InChI=1S/C20H24N4O5S2/c1-12-6-7-16(28-12)10-21-20(25)15-5-4-8-24(11-15)31(26,27)18-9-17(30-13(18)2)19-22-14(3)29-23-19/h6-7,9,15H,4-5,8,10-11H2,1-3H3,(H,21,25)/t15-/m1/s1. The molecule has 31 heavy (non-hydrogen) atoms. The molecule has 0 saturated carbocycles. The molecule has 0 aliphatic carbocycles. The Balaban J connectivity index is 1.47. The van der Waals surface area contributed by atoms with E-state index in [1.165, 1.54) is 15.6 Å². The molecule has 1 aliphatic rings. The summed E-state index contributed by atoms with van der Waals surface area (Å²) in [6, 6.07) is 5.24. The van der Waals surface area contributed by atoms with Crippen LogP contribution in [-0.4, -0.2) is 41.9 Å². The zero-order valence-electron chi connectivity index (χ0n) is 17.5. The highest BCUT2D eigenvalue weighted by Gasteiger charge is 2.35. The number of nitrogens with one attached hydrogen (secondary N) is 1. The number of carbonyl (C=O) groups is 1. The molecule has 1 saturated heterocycles. The maximum absolute atomic E-state index is 13.3. The fourth-order valence-electron chi connectivity index (χ4n) is 3.64. The van der Waals surface area contributed by atoms with Crippen LogP contribution in [0.3, 0.4) is 0 Å². The van der Waals surface area contributed by atoms with Crippen LogP contribution in [0.1, 0.15) is 35.1 Å². The van der Waals surface area contributed by atoms with Crippen molar-refractivity contribution in [2.24, 2.45) is 5.92 Å². The third-order valence-corrected chi connectivity index (χ3v) is 8.39. The monoisotopic (exact) mass is 464 g/mol. The van der Waals surface area contributed by atoms with E-state index < -0.39 is 15.9 Å². The molecule has 1 amide bonds.